The molecule has 9 nitrogen and oxygen atoms in total. The van der Waals surface area contributed by atoms with Crippen LogP contribution in [0.25, 0.3) is 0 Å². The summed E-state index contributed by atoms with van der Waals surface area (Å²) in [7, 11) is 4.47. The van der Waals surface area contributed by atoms with Gasteiger partial charge in [-0.05, 0) is 36.6 Å². The highest BCUT2D eigenvalue weighted by atomic mass is 16.5. The lowest BCUT2D eigenvalue weighted by Crippen LogP contribution is -2.45. The molecule has 1 aromatic heterocycles. The zero-order valence-electron chi connectivity index (χ0n) is 22.7. The maximum Gasteiger partial charge on any atom is 0.339 e. The molecule has 0 saturated heterocycles. The molecule has 0 spiro atoms. The second kappa shape index (κ2) is 11.5. The summed E-state index contributed by atoms with van der Waals surface area (Å²) in [5.74, 6) is 1.50. The predicted octanol–water partition coefficient (Wildman–Crippen LogP) is 4.07. The first kappa shape index (κ1) is 26.7. The normalized spacial score (nSPS) is 17.7. The van der Waals surface area contributed by atoms with Crippen molar-refractivity contribution >= 4 is 17.7 Å². The molecular weight excluding hydrogens is 500 g/mol. The molecule has 39 heavy (non-hydrogen) atoms. The zero-order valence-corrected chi connectivity index (χ0v) is 22.7. The molecule has 0 bridgehead atoms. The van der Waals surface area contributed by atoms with Crippen molar-refractivity contribution in [2.75, 3.05) is 27.9 Å². The molecule has 1 atom stereocenters. The van der Waals surface area contributed by atoms with Crippen molar-refractivity contribution in [2.45, 2.75) is 57.4 Å². The van der Waals surface area contributed by atoms with Gasteiger partial charge in [-0.3, -0.25) is 14.6 Å². The van der Waals surface area contributed by atoms with E-state index in [0.29, 0.717) is 53.8 Å². The summed E-state index contributed by atoms with van der Waals surface area (Å²) in [5.41, 5.74) is 2.53. The van der Waals surface area contributed by atoms with Gasteiger partial charge in [0, 0.05) is 36.0 Å². The zero-order chi connectivity index (χ0) is 27.5. The minimum Gasteiger partial charge on any atom is -0.496 e. The van der Waals surface area contributed by atoms with Gasteiger partial charge in [0.05, 0.1) is 39.4 Å². The van der Waals surface area contributed by atoms with Crippen molar-refractivity contribution in [1.82, 2.24) is 9.88 Å². The van der Waals surface area contributed by atoms with Gasteiger partial charge in [0.2, 0.25) is 0 Å². The summed E-state index contributed by atoms with van der Waals surface area (Å²) >= 11 is 0. The minimum absolute atomic E-state index is 0.0655. The Kier molecular flexibility index (Phi) is 7.86. The van der Waals surface area contributed by atoms with E-state index in [1.54, 1.807) is 37.3 Å². The second-order valence-electron chi connectivity index (χ2n) is 10.4. The van der Waals surface area contributed by atoms with Crippen molar-refractivity contribution in [3.8, 4) is 17.2 Å². The number of fused-ring (bicyclic) bond motifs is 1. The molecular formula is C30H34N2O7. The number of esters is 1. The van der Waals surface area contributed by atoms with Crippen LogP contribution < -0.4 is 14.2 Å². The van der Waals surface area contributed by atoms with Gasteiger partial charge in [0.1, 0.15) is 5.75 Å². The number of rotatable bonds is 9. The third-order valence-electron chi connectivity index (χ3n) is 7.98. The lowest BCUT2D eigenvalue weighted by Gasteiger charge is -2.32. The Morgan fingerprint density at radius 3 is 2.46 bits per heavy atom. The highest BCUT2D eigenvalue weighted by molar-refractivity contribution is 6.00. The molecule has 9 heteroatoms. The quantitative estimate of drug-likeness (QED) is 0.444. The number of amides is 1. The SMILES string of the molecule is COC(=O)c1ccc(CC(=O)[C@H](CC2CCCCC2)N2CC3=C(Oc4c(OC)ccc(OC)c4C3)C2=O)nc1. The maximum atomic E-state index is 13.8. The summed E-state index contributed by atoms with van der Waals surface area (Å²) in [6.45, 7) is 0.325. The van der Waals surface area contributed by atoms with Gasteiger partial charge in [-0.1, -0.05) is 32.1 Å². The fourth-order valence-corrected chi connectivity index (χ4v) is 5.90. The topological polar surface area (TPSA) is 104 Å². The molecule has 0 N–H and O–H groups in total. The molecule has 1 aliphatic carbocycles. The van der Waals surface area contributed by atoms with Gasteiger partial charge >= 0.3 is 5.97 Å². The standard InChI is InChI=1S/C30H34N2O7/c1-36-25-11-12-26(37-2)28-22(25)14-20-17-32(29(34)27(20)39-28)23(13-18-7-5-4-6-8-18)24(33)15-21-10-9-19(16-31-21)30(35)38-3/h9-12,16,18,23H,4-8,13-15,17H2,1-3H3/t23-/m0/s1. The number of hydrogen-bond acceptors (Lipinski definition) is 8. The number of pyridine rings is 1. The fraction of sp³-hybridized carbons (Fsp3) is 0.467. The van der Waals surface area contributed by atoms with E-state index >= 15 is 0 Å². The Labute approximate surface area is 228 Å². The molecule has 3 heterocycles. The molecule has 0 radical (unpaired) electrons. The Hall–Kier alpha value is -3.88. The summed E-state index contributed by atoms with van der Waals surface area (Å²) in [4.78, 5) is 45.3. The number of ether oxygens (including phenoxy) is 4. The summed E-state index contributed by atoms with van der Waals surface area (Å²) in [5, 5.41) is 0. The van der Waals surface area contributed by atoms with E-state index < -0.39 is 12.0 Å². The Bertz CT molecular complexity index is 1300. The van der Waals surface area contributed by atoms with Gasteiger partial charge in [-0.25, -0.2) is 4.79 Å². The number of nitrogens with zero attached hydrogens (tertiary/aromatic N) is 2. The predicted molar refractivity (Wildman–Crippen MR) is 142 cm³/mol. The lowest BCUT2D eigenvalue weighted by molar-refractivity contribution is -0.136. The van der Waals surface area contributed by atoms with E-state index in [0.717, 1.165) is 36.8 Å². The van der Waals surface area contributed by atoms with E-state index in [2.05, 4.69) is 4.98 Å². The van der Waals surface area contributed by atoms with Crippen LogP contribution >= 0.6 is 0 Å². The average molecular weight is 535 g/mol. The van der Waals surface area contributed by atoms with Crippen LogP contribution in [0.15, 0.2) is 41.8 Å². The van der Waals surface area contributed by atoms with Gasteiger partial charge in [0.25, 0.3) is 5.91 Å². The van der Waals surface area contributed by atoms with Crippen molar-refractivity contribution in [1.29, 1.82) is 0 Å². The van der Waals surface area contributed by atoms with E-state index in [-0.39, 0.29) is 23.9 Å². The van der Waals surface area contributed by atoms with Gasteiger partial charge in [0.15, 0.2) is 23.0 Å². The third kappa shape index (κ3) is 5.35. The highest BCUT2D eigenvalue weighted by Gasteiger charge is 2.43. The number of benzene rings is 1. The average Bonchev–Trinajstić information content (AvgIpc) is 3.29. The molecule has 1 aromatic carbocycles. The van der Waals surface area contributed by atoms with Crippen molar-refractivity contribution < 1.29 is 33.3 Å². The largest absolute Gasteiger partial charge is 0.496 e. The number of ketones is 1. The summed E-state index contributed by atoms with van der Waals surface area (Å²) in [6, 6.07) is 6.26. The highest BCUT2D eigenvalue weighted by Crippen LogP contribution is 2.45. The Morgan fingerprint density at radius 2 is 1.79 bits per heavy atom. The molecule has 1 amide bonds. The van der Waals surface area contributed by atoms with Crippen LogP contribution in [-0.2, 0) is 27.2 Å². The molecule has 2 aromatic rings. The fourth-order valence-electron chi connectivity index (χ4n) is 5.90. The Balaban J connectivity index is 1.39. The van der Waals surface area contributed by atoms with Crippen LogP contribution in [0.5, 0.6) is 17.2 Å². The van der Waals surface area contributed by atoms with Crippen molar-refractivity contribution in [2.24, 2.45) is 5.92 Å². The van der Waals surface area contributed by atoms with Gasteiger partial charge in [-0.15, -0.1) is 0 Å². The molecule has 1 fully saturated rings. The van der Waals surface area contributed by atoms with Crippen LogP contribution in [0.4, 0.5) is 0 Å². The molecule has 1 saturated carbocycles. The first-order valence-corrected chi connectivity index (χ1v) is 13.4. The molecule has 0 unspecified atom stereocenters. The monoisotopic (exact) mass is 534 g/mol. The van der Waals surface area contributed by atoms with Crippen LogP contribution in [0.1, 0.15) is 60.1 Å². The number of methoxy groups -OCH3 is 3. The summed E-state index contributed by atoms with van der Waals surface area (Å²) < 4.78 is 21.9. The van der Waals surface area contributed by atoms with Crippen LogP contribution in [-0.4, -0.2) is 61.5 Å². The number of Topliss-reactive ketones (excluding diaryl/α,β-unsaturated/α-hetero) is 1. The maximum absolute atomic E-state index is 13.8. The number of carbonyl (C=O) groups is 3. The summed E-state index contributed by atoms with van der Waals surface area (Å²) in [6.07, 6.45) is 8.18. The Morgan fingerprint density at radius 1 is 1.05 bits per heavy atom. The van der Waals surface area contributed by atoms with E-state index in [4.69, 9.17) is 18.9 Å². The molecule has 206 valence electrons. The molecule has 3 aliphatic rings. The van der Waals surface area contributed by atoms with Crippen LogP contribution in [0.2, 0.25) is 0 Å². The number of hydrogen-bond donors (Lipinski definition) is 0. The second-order valence-corrected chi connectivity index (χ2v) is 10.4. The van der Waals surface area contributed by atoms with Gasteiger partial charge < -0.3 is 23.8 Å². The smallest absolute Gasteiger partial charge is 0.339 e. The van der Waals surface area contributed by atoms with E-state index in [1.165, 1.54) is 19.7 Å². The minimum atomic E-state index is -0.594. The van der Waals surface area contributed by atoms with Gasteiger partial charge in [-0.2, -0.15) is 0 Å². The molecule has 5 rings (SSSR count). The first-order valence-electron chi connectivity index (χ1n) is 13.4. The van der Waals surface area contributed by atoms with E-state index in [9.17, 15) is 14.4 Å². The lowest BCUT2D eigenvalue weighted by atomic mass is 9.83. The van der Waals surface area contributed by atoms with Crippen molar-refractivity contribution in [3.05, 3.63) is 58.6 Å². The first-order chi connectivity index (χ1) is 18.9. The van der Waals surface area contributed by atoms with Crippen LogP contribution in [0.3, 0.4) is 0 Å². The van der Waals surface area contributed by atoms with E-state index in [1.807, 2.05) is 6.07 Å². The number of carbonyl (C=O) groups excluding carboxylic acids is 3. The third-order valence-corrected chi connectivity index (χ3v) is 7.98. The molecule has 2 aliphatic heterocycles. The van der Waals surface area contributed by atoms with Crippen LogP contribution in [0, 0.1) is 5.92 Å². The number of aromatic nitrogens is 1. The van der Waals surface area contributed by atoms with Crippen molar-refractivity contribution in [3.63, 3.8) is 0 Å².